The van der Waals surface area contributed by atoms with Crippen molar-refractivity contribution in [1.82, 2.24) is 4.90 Å². The number of amides is 1. The van der Waals surface area contributed by atoms with Crippen LogP contribution in [0.5, 0.6) is 5.75 Å². The number of carbonyl (C=O) groups excluding carboxylic acids is 1. The number of benzene rings is 2. The van der Waals surface area contributed by atoms with E-state index in [1.54, 1.807) is 36.3 Å². The number of rotatable bonds is 7. The molecule has 1 atom stereocenters. The Labute approximate surface area is 168 Å². The van der Waals surface area contributed by atoms with E-state index in [0.29, 0.717) is 48.5 Å². The van der Waals surface area contributed by atoms with E-state index >= 15 is 0 Å². The van der Waals surface area contributed by atoms with Crippen LogP contribution in [-0.4, -0.2) is 37.7 Å². The van der Waals surface area contributed by atoms with Gasteiger partial charge in [-0.15, -0.1) is 0 Å². The van der Waals surface area contributed by atoms with Crippen molar-refractivity contribution in [2.45, 2.75) is 19.4 Å². The summed E-state index contributed by atoms with van der Waals surface area (Å²) in [5, 5.41) is 0.475. The Morgan fingerprint density at radius 1 is 1.10 bits per heavy atom. The molecule has 1 amide bonds. The molecule has 1 aliphatic heterocycles. The molecule has 0 N–H and O–H groups in total. The summed E-state index contributed by atoms with van der Waals surface area (Å²) in [5.41, 5.74) is 1.45. The Balaban J connectivity index is 1.85. The van der Waals surface area contributed by atoms with Gasteiger partial charge in [-0.3, -0.25) is 9.59 Å². The van der Waals surface area contributed by atoms with Gasteiger partial charge in [0.2, 0.25) is 5.76 Å². The lowest BCUT2D eigenvalue weighted by Crippen LogP contribution is -2.31. The van der Waals surface area contributed by atoms with Crippen LogP contribution in [0.1, 0.15) is 41.1 Å². The van der Waals surface area contributed by atoms with Gasteiger partial charge in [-0.2, -0.15) is 0 Å². The fourth-order valence-corrected chi connectivity index (χ4v) is 3.84. The quantitative estimate of drug-likeness (QED) is 0.572. The van der Waals surface area contributed by atoms with Gasteiger partial charge in [0.25, 0.3) is 5.91 Å². The highest BCUT2D eigenvalue weighted by atomic mass is 16.5. The smallest absolute Gasteiger partial charge is 0.290 e. The fraction of sp³-hybridized carbons (Fsp3) is 0.304. The number of hydrogen-bond acceptors (Lipinski definition) is 5. The first-order chi connectivity index (χ1) is 14.2. The number of carbonyl (C=O) groups is 1. The fourth-order valence-electron chi connectivity index (χ4n) is 3.84. The maximum absolute atomic E-state index is 13.3. The van der Waals surface area contributed by atoms with E-state index in [1.807, 2.05) is 31.2 Å². The Morgan fingerprint density at radius 2 is 1.93 bits per heavy atom. The van der Waals surface area contributed by atoms with Crippen LogP contribution in [0.4, 0.5) is 0 Å². The summed E-state index contributed by atoms with van der Waals surface area (Å²) in [6, 6.07) is 14.0. The summed E-state index contributed by atoms with van der Waals surface area (Å²) in [6.45, 7) is 3.56. The molecule has 6 nitrogen and oxygen atoms in total. The van der Waals surface area contributed by atoms with E-state index in [2.05, 4.69) is 0 Å². The van der Waals surface area contributed by atoms with Crippen LogP contribution in [0.15, 0.2) is 57.7 Å². The molecule has 3 aromatic rings. The minimum atomic E-state index is -0.518. The summed E-state index contributed by atoms with van der Waals surface area (Å²) in [6.07, 6.45) is 0.668. The van der Waals surface area contributed by atoms with Crippen molar-refractivity contribution in [3.05, 3.63) is 75.6 Å². The van der Waals surface area contributed by atoms with Gasteiger partial charge in [-0.25, -0.2) is 0 Å². The Bertz CT molecular complexity index is 1100. The molecule has 4 rings (SSSR count). The third-order valence-electron chi connectivity index (χ3n) is 5.17. The van der Waals surface area contributed by atoms with Crippen LogP contribution in [0, 0.1) is 0 Å². The SMILES string of the molecule is CCOCCCN1C(=O)c2oc3ccccc3c(=O)c2[C@@H]1c1cccc(OC)c1. The molecule has 0 bridgehead atoms. The molecule has 0 spiro atoms. The van der Waals surface area contributed by atoms with E-state index in [4.69, 9.17) is 13.9 Å². The van der Waals surface area contributed by atoms with Crippen LogP contribution in [0.25, 0.3) is 11.0 Å². The number of nitrogens with zero attached hydrogens (tertiary/aromatic N) is 1. The number of methoxy groups -OCH3 is 1. The van der Waals surface area contributed by atoms with Gasteiger partial charge in [0.15, 0.2) is 5.43 Å². The normalized spacial score (nSPS) is 15.7. The summed E-state index contributed by atoms with van der Waals surface area (Å²) < 4.78 is 16.7. The Hall–Kier alpha value is -3.12. The monoisotopic (exact) mass is 393 g/mol. The molecule has 6 heteroatoms. The maximum atomic E-state index is 13.3. The molecule has 0 fully saturated rings. The summed E-state index contributed by atoms with van der Waals surface area (Å²) in [5.74, 6) is 0.521. The van der Waals surface area contributed by atoms with E-state index in [0.717, 1.165) is 5.56 Å². The summed E-state index contributed by atoms with van der Waals surface area (Å²) in [7, 11) is 1.59. The molecule has 0 saturated carbocycles. The zero-order valence-corrected chi connectivity index (χ0v) is 16.5. The van der Waals surface area contributed by atoms with E-state index in [-0.39, 0.29) is 17.1 Å². The van der Waals surface area contributed by atoms with Crippen molar-refractivity contribution < 1.29 is 18.7 Å². The largest absolute Gasteiger partial charge is 0.497 e. The first kappa shape index (κ1) is 19.2. The highest BCUT2D eigenvalue weighted by Gasteiger charge is 2.42. The van der Waals surface area contributed by atoms with Gasteiger partial charge in [-0.05, 0) is 43.2 Å². The van der Waals surface area contributed by atoms with Crippen LogP contribution in [0.2, 0.25) is 0 Å². The van der Waals surface area contributed by atoms with E-state index in [9.17, 15) is 9.59 Å². The molecule has 150 valence electrons. The molecule has 2 aromatic carbocycles. The number of ether oxygens (including phenoxy) is 2. The van der Waals surface area contributed by atoms with Crippen LogP contribution in [-0.2, 0) is 4.74 Å². The molecular formula is C23H23NO5. The zero-order valence-electron chi connectivity index (χ0n) is 16.5. The van der Waals surface area contributed by atoms with Crippen LogP contribution < -0.4 is 10.2 Å². The third-order valence-corrected chi connectivity index (χ3v) is 5.17. The van der Waals surface area contributed by atoms with E-state index < -0.39 is 6.04 Å². The van der Waals surface area contributed by atoms with Gasteiger partial charge < -0.3 is 18.8 Å². The molecule has 0 aliphatic carbocycles. The van der Waals surface area contributed by atoms with Crippen LogP contribution in [0.3, 0.4) is 0 Å². The van der Waals surface area contributed by atoms with Gasteiger partial charge in [-0.1, -0.05) is 24.3 Å². The molecule has 29 heavy (non-hydrogen) atoms. The predicted molar refractivity (Wildman–Crippen MR) is 109 cm³/mol. The lowest BCUT2D eigenvalue weighted by Gasteiger charge is -2.25. The minimum Gasteiger partial charge on any atom is -0.497 e. The average molecular weight is 393 g/mol. The molecule has 0 saturated heterocycles. The lowest BCUT2D eigenvalue weighted by molar-refractivity contribution is 0.0695. The second-order valence-electron chi connectivity index (χ2n) is 6.90. The Morgan fingerprint density at radius 3 is 2.72 bits per heavy atom. The van der Waals surface area contributed by atoms with Crippen molar-refractivity contribution in [2.24, 2.45) is 0 Å². The minimum absolute atomic E-state index is 0.123. The van der Waals surface area contributed by atoms with Crippen molar-refractivity contribution >= 4 is 16.9 Å². The highest BCUT2D eigenvalue weighted by Crippen LogP contribution is 2.39. The standard InChI is InChI=1S/C23H23NO5/c1-3-28-13-7-12-24-20(15-8-6-9-16(14-15)27-2)19-21(25)17-10-4-5-11-18(17)29-22(19)23(24)26/h4-6,8-11,14,20H,3,7,12-13H2,1-2H3/t20-/m0/s1. The van der Waals surface area contributed by atoms with Crippen molar-refractivity contribution in [3.63, 3.8) is 0 Å². The van der Waals surface area contributed by atoms with Crippen LogP contribution >= 0.6 is 0 Å². The van der Waals surface area contributed by atoms with E-state index in [1.165, 1.54) is 0 Å². The molecule has 1 aliphatic rings. The second kappa shape index (κ2) is 8.09. The maximum Gasteiger partial charge on any atom is 0.290 e. The number of hydrogen-bond donors (Lipinski definition) is 0. The second-order valence-corrected chi connectivity index (χ2v) is 6.90. The first-order valence-electron chi connectivity index (χ1n) is 9.74. The third kappa shape index (κ3) is 3.40. The summed E-state index contributed by atoms with van der Waals surface area (Å²) in [4.78, 5) is 28.2. The molecular weight excluding hydrogens is 370 g/mol. The van der Waals surface area contributed by atoms with Gasteiger partial charge in [0, 0.05) is 19.8 Å². The predicted octanol–water partition coefficient (Wildman–Crippen LogP) is 3.77. The zero-order chi connectivity index (χ0) is 20.4. The topological polar surface area (TPSA) is 69.0 Å². The first-order valence-corrected chi connectivity index (χ1v) is 9.74. The lowest BCUT2D eigenvalue weighted by atomic mass is 9.98. The number of para-hydroxylation sites is 1. The Kier molecular flexibility index (Phi) is 5.36. The number of fused-ring (bicyclic) bond motifs is 2. The molecule has 2 heterocycles. The average Bonchev–Trinajstić information content (AvgIpc) is 3.03. The van der Waals surface area contributed by atoms with Crippen molar-refractivity contribution in [2.75, 3.05) is 26.9 Å². The van der Waals surface area contributed by atoms with Crippen molar-refractivity contribution in [3.8, 4) is 5.75 Å². The molecule has 0 radical (unpaired) electrons. The molecule has 0 unspecified atom stereocenters. The summed E-state index contributed by atoms with van der Waals surface area (Å²) >= 11 is 0. The molecule has 1 aromatic heterocycles. The van der Waals surface area contributed by atoms with Gasteiger partial charge in [0.1, 0.15) is 11.3 Å². The van der Waals surface area contributed by atoms with Crippen molar-refractivity contribution in [1.29, 1.82) is 0 Å². The van der Waals surface area contributed by atoms with Gasteiger partial charge >= 0.3 is 0 Å². The highest BCUT2D eigenvalue weighted by molar-refractivity contribution is 5.99. The van der Waals surface area contributed by atoms with Gasteiger partial charge in [0.05, 0.1) is 24.1 Å².